The number of carbonyl (C=O) groups is 1. The molecule has 0 amide bonds. The third-order valence-corrected chi connectivity index (χ3v) is 9.13. The van der Waals surface area contributed by atoms with Gasteiger partial charge in [-0.25, -0.2) is 0 Å². The van der Waals surface area contributed by atoms with Crippen LogP contribution in [0.1, 0.15) is 6.42 Å². The Kier molecular flexibility index (Phi) is 1.41. The number of methoxy groups -OCH3 is 1. The van der Waals surface area contributed by atoms with Gasteiger partial charge in [-0.15, -0.1) is 0 Å². The van der Waals surface area contributed by atoms with Gasteiger partial charge in [-0.2, -0.15) is 0 Å². The minimum atomic E-state index is -0.357. The Hall–Kier alpha value is -0.130. The number of hydrogen-bond donors (Lipinski definition) is 0. The van der Waals surface area contributed by atoms with E-state index in [-0.39, 0.29) is 21.5 Å². The van der Waals surface area contributed by atoms with Crippen LogP contribution in [-0.4, -0.2) is 36.4 Å². The van der Waals surface area contributed by atoms with Gasteiger partial charge < -0.3 is 14.2 Å². The third-order valence-electron chi connectivity index (χ3n) is 7.52. The van der Waals surface area contributed by atoms with E-state index < -0.39 is 0 Å². The Labute approximate surface area is 119 Å². The molecule has 7 aliphatic rings. The summed E-state index contributed by atoms with van der Waals surface area (Å²) in [6, 6.07) is 0. The van der Waals surface area contributed by atoms with Crippen molar-refractivity contribution in [3.63, 3.8) is 0 Å². The van der Waals surface area contributed by atoms with Crippen molar-refractivity contribution in [3.05, 3.63) is 0 Å². The molecule has 4 nitrogen and oxygen atoms in total. The molecule has 1 saturated heterocycles. The van der Waals surface area contributed by atoms with Gasteiger partial charge in [-0.1, -0.05) is 15.9 Å². The van der Waals surface area contributed by atoms with Crippen molar-refractivity contribution in [1.82, 2.24) is 0 Å². The molecule has 0 N–H and O–H groups in total. The molecule has 19 heavy (non-hydrogen) atoms. The first kappa shape index (κ1) is 10.6. The molecule has 1 spiro atoms. The fourth-order valence-electron chi connectivity index (χ4n) is 7.52. The molecule has 0 aromatic rings. The Morgan fingerprint density at radius 1 is 1.16 bits per heavy atom. The molecule has 1 heterocycles. The van der Waals surface area contributed by atoms with Crippen molar-refractivity contribution in [1.29, 1.82) is 0 Å². The maximum atomic E-state index is 11.7. The SMILES string of the molecule is COC(=O)CC12C3C4C1C1C2C3C1(Br)C41OCCO1. The highest BCUT2D eigenvalue weighted by Crippen LogP contribution is 3.05. The summed E-state index contributed by atoms with van der Waals surface area (Å²) < 4.78 is 17.2. The lowest BCUT2D eigenvalue weighted by atomic mass is 9.13. The van der Waals surface area contributed by atoms with Gasteiger partial charge in [0.15, 0.2) is 5.79 Å². The van der Waals surface area contributed by atoms with Gasteiger partial charge in [0.2, 0.25) is 0 Å². The number of ether oxygens (including phenoxy) is 3. The van der Waals surface area contributed by atoms with Gasteiger partial charge in [0.1, 0.15) is 0 Å². The van der Waals surface area contributed by atoms with Crippen molar-refractivity contribution >= 4 is 21.9 Å². The predicted octanol–water partition coefficient (Wildman–Crippen LogP) is 1.18. The van der Waals surface area contributed by atoms with E-state index in [4.69, 9.17) is 14.2 Å². The Balaban J connectivity index is 1.44. The van der Waals surface area contributed by atoms with Crippen LogP contribution in [-0.2, 0) is 19.0 Å². The first-order valence-electron chi connectivity index (χ1n) is 7.18. The van der Waals surface area contributed by atoms with Gasteiger partial charge >= 0.3 is 5.97 Å². The molecular formula is C14H15BrO4. The van der Waals surface area contributed by atoms with Crippen molar-refractivity contribution in [2.24, 2.45) is 40.9 Å². The van der Waals surface area contributed by atoms with Crippen LogP contribution in [0.4, 0.5) is 0 Å². The first-order chi connectivity index (χ1) is 9.14. The predicted molar refractivity (Wildman–Crippen MR) is 66.3 cm³/mol. The maximum absolute atomic E-state index is 11.7. The van der Waals surface area contributed by atoms with E-state index in [0.717, 1.165) is 19.1 Å². The maximum Gasteiger partial charge on any atom is 0.306 e. The molecule has 1 aliphatic heterocycles. The van der Waals surface area contributed by atoms with Gasteiger partial charge in [-0.05, 0) is 35.0 Å². The summed E-state index contributed by atoms with van der Waals surface area (Å²) in [7, 11) is 1.49. The normalized spacial score (nSPS) is 66.8. The smallest absolute Gasteiger partial charge is 0.306 e. The molecule has 4 unspecified atom stereocenters. The molecule has 0 aromatic heterocycles. The quantitative estimate of drug-likeness (QED) is 0.564. The summed E-state index contributed by atoms with van der Waals surface area (Å²) in [6.45, 7) is 1.44. The van der Waals surface area contributed by atoms with Crippen LogP contribution in [0.2, 0.25) is 0 Å². The Morgan fingerprint density at radius 2 is 1.74 bits per heavy atom. The van der Waals surface area contributed by atoms with Crippen LogP contribution in [0.3, 0.4) is 0 Å². The summed E-state index contributed by atoms with van der Waals surface area (Å²) in [5.41, 5.74) is 0.267. The van der Waals surface area contributed by atoms with Crippen LogP contribution in [0.25, 0.3) is 0 Å². The van der Waals surface area contributed by atoms with Crippen LogP contribution in [0.15, 0.2) is 0 Å². The highest BCUT2D eigenvalue weighted by Gasteiger charge is 3.08. The highest BCUT2D eigenvalue weighted by molar-refractivity contribution is 9.10. The average Bonchev–Trinajstić information content (AvgIpc) is 2.95. The van der Waals surface area contributed by atoms with Gasteiger partial charge in [0, 0.05) is 5.92 Å². The average molecular weight is 327 g/mol. The summed E-state index contributed by atoms with van der Waals surface area (Å²) in [6.07, 6.45) is 0.617. The molecule has 6 aliphatic carbocycles. The van der Waals surface area contributed by atoms with E-state index in [9.17, 15) is 4.79 Å². The molecule has 5 heteroatoms. The fraction of sp³-hybridized carbons (Fsp3) is 0.929. The minimum Gasteiger partial charge on any atom is -0.469 e. The third kappa shape index (κ3) is 0.625. The van der Waals surface area contributed by atoms with Crippen molar-refractivity contribution < 1.29 is 19.0 Å². The Morgan fingerprint density at radius 3 is 2.32 bits per heavy atom. The van der Waals surface area contributed by atoms with Crippen molar-refractivity contribution in [2.45, 2.75) is 16.5 Å². The standard InChI is InChI=1S/C14H15BrO4/c1-17-5(16)4-12-6-9-7(12)11-8(12)10(6)13(9,15)14(11)18-2-3-19-14/h6-11H,2-4H2,1H3. The number of halogens is 1. The molecule has 102 valence electrons. The number of esters is 1. The highest BCUT2D eigenvalue weighted by atomic mass is 79.9. The molecule has 7 rings (SSSR count). The molecule has 7 fully saturated rings. The summed E-state index contributed by atoms with van der Waals surface area (Å²) >= 11 is 4.01. The molecule has 2 bridgehead atoms. The Bertz CT molecular complexity index is 520. The monoisotopic (exact) mass is 326 g/mol. The number of carbonyl (C=O) groups excluding carboxylic acids is 1. The van der Waals surface area contributed by atoms with E-state index in [2.05, 4.69) is 15.9 Å². The van der Waals surface area contributed by atoms with Crippen molar-refractivity contribution in [2.75, 3.05) is 20.3 Å². The van der Waals surface area contributed by atoms with Crippen LogP contribution in [0, 0.1) is 40.9 Å². The summed E-state index contributed by atoms with van der Waals surface area (Å²) in [4.78, 5) is 11.7. The topological polar surface area (TPSA) is 44.8 Å². The van der Waals surface area contributed by atoms with E-state index >= 15 is 0 Å². The number of hydrogen-bond acceptors (Lipinski definition) is 4. The largest absolute Gasteiger partial charge is 0.469 e. The lowest BCUT2D eigenvalue weighted by Crippen LogP contribution is -2.92. The minimum absolute atomic E-state index is 0.0402. The lowest BCUT2D eigenvalue weighted by molar-refractivity contribution is -0.438. The van der Waals surface area contributed by atoms with E-state index in [1.54, 1.807) is 0 Å². The van der Waals surface area contributed by atoms with E-state index in [0.29, 0.717) is 36.0 Å². The molecule has 4 atom stereocenters. The second kappa shape index (κ2) is 2.53. The molecule has 0 aromatic carbocycles. The number of rotatable bonds is 2. The zero-order valence-electron chi connectivity index (χ0n) is 10.6. The zero-order chi connectivity index (χ0) is 12.8. The summed E-state index contributed by atoms with van der Waals surface area (Å²) in [5.74, 6) is 3.47. The molecular weight excluding hydrogens is 312 g/mol. The zero-order valence-corrected chi connectivity index (χ0v) is 12.2. The lowest BCUT2D eigenvalue weighted by Gasteiger charge is -2.91. The van der Waals surface area contributed by atoms with Gasteiger partial charge in [0.05, 0.1) is 31.1 Å². The fourth-order valence-corrected chi connectivity index (χ4v) is 9.15. The van der Waals surface area contributed by atoms with Crippen LogP contribution >= 0.6 is 15.9 Å². The second-order valence-electron chi connectivity index (χ2n) is 7.15. The van der Waals surface area contributed by atoms with Gasteiger partial charge in [-0.3, -0.25) is 4.79 Å². The molecule has 0 radical (unpaired) electrons. The molecule has 6 saturated carbocycles. The van der Waals surface area contributed by atoms with E-state index in [1.165, 1.54) is 7.11 Å². The van der Waals surface area contributed by atoms with Gasteiger partial charge in [0.25, 0.3) is 0 Å². The first-order valence-corrected chi connectivity index (χ1v) is 7.97. The number of alkyl halides is 1. The summed E-state index contributed by atoms with van der Waals surface area (Å²) in [5, 5.41) is 0. The second-order valence-corrected chi connectivity index (χ2v) is 8.46. The van der Waals surface area contributed by atoms with E-state index in [1.807, 2.05) is 0 Å². The van der Waals surface area contributed by atoms with Crippen LogP contribution in [0.5, 0.6) is 0 Å². The van der Waals surface area contributed by atoms with Crippen LogP contribution < -0.4 is 0 Å². The van der Waals surface area contributed by atoms with Crippen molar-refractivity contribution in [3.8, 4) is 0 Å².